The first-order valence-corrected chi connectivity index (χ1v) is 4.34. The van der Waals surface area contributed by atoms with Crippen LogP contribution in [0.1, 0.15) is 18.1 Å². The number of aliphatic hydroxyl groups excluding tert-OH is 1. The van der Waals surface area contributed by atoms with Gasteiger partial charge in [0.05, 0.1) is 11.7 Å². The minimum Gasteiger partial charge on any atom is -0.393 e. The van der Waals surface area contributed by atoms with Crippen molar-refractivity contribution in [1.29, 1.82) is 0 Å². The van der Waals surface area contributed by atoms with Crippen LogP contribution in [0.5, 0.6) is 0 Å². The Balaban J connectivity index is 3.06. The van der Waals surface area contributed by atoms with Gasteiger partial charge in [-0.05, 0) is 31.0 Å². The topological polar surface area (TPSA) is 20.2 Å². The summed E-state index contributed by atoms with van der Waals surface area (Å²) in [6.07, 6.45) is -5.38. The molecular formula is C10H10F4O. The highest BCUT2D eigenvalue weighted by molar-refractivity contribution is 5.27. The van der Waals surface area contributed by atoms with Crippen molar-refractivity contribution in [2.24, 2.45) is 0 Å². The van der Waals surface area contributed by atoms with Gasteiger partial charge in [-0.1, -0.05) is 6.07 Å². The van der Waals surface area contributed by atoms with Crippen molar-refractivity contribution in [1.82, 2.24) is 0 Å². The van der Waals surface area contributed by atoms with Crippen LogP contribution in [0.25, 0.3) is 0 Å². The van der Waals surface area contributed by atoms with E-state index in [4.69, 9.17) is 5.11 Å². The summed E-state index contributed by atoms with van der Waals surface area (Å²) in [5, 5.41) is 8.99. The molecule has 84 valence electrons. The smallest absolute Gasteiger partial charge is 0.393 e. The molecule has 1 aromatic rings. The molecule has 0 aliphatic rings. The van der Waals surface area contributed by atoms with Gasteiger partial charge in [0.15, 0.2) is 0 Å². The second-order valence-electron chi connectivity index (χ2n) is 3.37. The van der Waals surface area contributed by atoms with Gasteiger partial charge in [0.25, 0.3) is 0 Å². The van der Waals surface area contributed by atoms with E-state index < -0.39 is 23.7 Å². The van der Waals surface area contributed by atoms with Crippen molar-refractivity contribution >= 4 is 0 Å². The Bertz CT molecular complexity index is 344. The largest absolute Gasteiger partial charge is 0.419 e. The standard InChI is InChI=1S/C10H10F4O/c1-6(15)4-7-2-3-9(11)8(5-7)10(12,13)14/h2-3,5-6,15H,4H2,1H3/t6-/m0/s1. The molecule has 0 aliphatic carbocycles. The lowest BCUT2D eigenvalue weighted by Gasteiger charge is -2.10. The second-order valence-corrected chi connectivity index (χ2v) is 3.37. The average molecular weight is 222 g/mol. The minimum atomic E-state index is -4.70. The molecule has 0 aromatic heterocycles. The highest BCUT2D eigenvalue weighted by Gasteiger charge is 2.34. The van der Waals surface area contributed by atoms with E-state index in [1.54, 1.807) is 0 Å². The molecule has 0 amide bonds. The molecule has 1 N–H and O–H groups in total. The van der Waals surface area contributed by atoms with Gasteiger partial charge in [-0.15, -0.1) is 0 Å². The lowest BCUT2D eigenvalue weighted by molar-refractivity contribution is -0.140. The molecule has 0 aliphatic heterocycles. The summed E-state index contributed by atoms with van der Waals surface area (Å²) in [6, 6.07) is 2.72. The summed E-state index contributed by atoms with van der Waals surface area (Å²) in [4.78, 5) is 0. The number of alkyl halides is 3. The van der Waals surface area contributed by atoms with Gasteiger partial charge in [0, 0.05) is 0 Å². The van der Waals surface area contributed by atoms with Crippen LogP contribution < -0.4 is 0 Å². The summed E-state index contributed by atoms with van der Waals surface area (Å²) < 4.78 is 49.6. The highest BCUT2D eigenvalue weighted by Crippen LogP contribution is 2.32. The Morgan fingerprint density at radius 3 is 2.40 bits per heavy atom. The summed E-state index contributed by atoms with van der Waals surface area (Å²) in [6.45, 7) is 1.45. The van der Waals surface area contributed by atoms with Gasteiger partial charge in [0.2, 0.25) is 0 Å². The minimum absolute atomic E-state index is 0.0728. The Hall–Kier alpha value is -1.10. The molecule has 1 rings (SSSR count). The highest BCUT2D eigenvalue weighted by atomic mass is 19.4. The average Bonchev–Trinajstić information content (AvgIpc) is 2.05. The van der Waals surface area contributed by atoms with E-state index in [9.17, 15) is 17.6 Å². The van der Waals surface area contributed by atoms with Crippen LogP contribution in [-0.2, 0) is 12.6 Å². The van der Waals surface area contributed by atoms with Crippen LogP contribution in [0.2, 0.25) is 0 Å². The van der Waals surface area contributed by atoms with Gasteiger partial charge in [0.1, 0.15) is 5.82 Å². The first-order chi connectivity index (χ1) is 6.80. The molecule has 5 heteroatoms. The van der Waals surface area contributed by atoms with Gasteiger partial charge in [-0.25, -0.2) is 4.39 Å². The van der Waals surface area contributed by atoms with Crippen molar-refractivity contribution < 1.29 is 22.7 Å². The fraction of sp³-hybridized carbons (Fsp3) is 0.400. The zero-order valence-corrected chi connectivity index (χ0v) is 7.98. The SMILES string of the molecule is C[C@H](O)Cc1ccc(F)c(C(F)(F)F)c1. The van der Waals surface area contributed by atoms with Gasteiger partial charge in [-0.3, -0.25) is 0 Å². The van der Waals surface area contributed by atoms with Gasteiger partial charge < -0.3 is 5.11 Å². The van der Waals surface area contributed by atoms with Crippen LogP contribution >= 0.6 is 0 Å². The van der Waals surface area contributed by atoms with Crippen molar-refractivity contribution in [3.63, 3.8) is 0 Å². The van der Waals surface area contributed by atoms with Crippen molar-refractivity contribution in [2.45, 2.75) is 25.6 Å². The predicted octanol–water partition coefficient (Wildman–Crippen LogP) is 2.77. The first kappa shape index (κ1) is 12.0. The second kappa shape index (κ2) is 4.18. The normalized spacial score (nSPS) is 14.0. The molecule has 0 saturated heterocycles. The number of aliphatic hydroxyl groups is 1. The number of hydrogen-bond donors (Lipinski definition) is 1. The van der Waals surface area contributed by atoms with Crippen LogP contribution in [-0.4, -0.2) is 11.2 Å². The Morgan fingerprint density at radius 1 is 1.33 bits per heavy atom. The van der Waals surface area contributed by atoms with Crippen LogP contribution in [0.15, 0.2) is 18.2 Å². The summed E-state index contributed by atoms with van der Waals surface area (Å²) in [5.41, 5.74) is -1.03. The summed E-state index contributed by atoms with van der Waals surface area (Å²) in [7, 11) is 0. The Kier molecular flexibility index (Phi) is 3.34. The van der Waals surface area contributed by atoms with Crippen LogP contribution in [0.4, 0.5) is 17.6 Å². The lowest BCUT2D eigenvalue weighted by Crippen LogP contribution is -2.11. The number of rotatable bonds is 2. The molecule has 0 spiro atoms. The Labute approximate surface area is 84.3 Å². The van der Waals surface area contributed by atoms with E-state index in [2.05, 4.69) is 0 Å². The zero-order valence-electron chi connectivity index (χ0n) is 7.98. The molecule has 0 radical (unpaired) electrons. The van der Waals surface area contributed by atoms with E-state index in [-0.39, 0.29) is 12.0 Å². The number of hydrogen-bond acceptors (Lipinski definition) is 1. The fourth-order valence-corrected chi connectivity index (χ4v) is 1.26. The van der Waals surface area contributed by atoms with Crippen molar-refractivity contribution in [3.05, 3.63) is 35.1 Å². The Morgan fingerprint density at radius 2 is 1.93 bits per heavy atom. The molecule has 1 atom stereocenters. The third kappa shape index (κ3) is 3.20. The molecule has 1 nitrogen and oxygen atoms in total. The number of benzene rings is 1. The zero-order chi connectivity index (χ0) is 11.6. The van der Waals surface area contributed by atoms with E-state index in [0.29, 0.717) is 0 Å². The molecule has 0 bridgehead atoms. The first-order valence-electron chi connectivity index (χ1n) is 4.34. The molecule has 0 heterocycles. The van der Waals surface area contributed by atoms with E-state index in [1.165, 1.54) is 13.0 Å². The van der Waals surface area contributed by atoms with Crippen LogP contribution in [0.3, 0.4) is 0 Å². The van der Waals surface area contributed by atoms with Crippen molar-refractivity contribution in [3.8, 4) is 0 Å². The van der Waals surface area contributed by atoms with Gasteiger partial charge in [-0.2, -0.15) is 13.2 Å². The van der Waals surface area contributed by atoms with E-state index in [0.717, 1.165) is 12.1 Å². The van der Waals surface area contributed by atoms with E-state index in [1.807, 2.05) is 0 Å². The van der Waals surface area contributed by atoms with Crippen LogP contribution in [0, 0.1) is 5.82 Å². The monoisotopic (exact) mass is 222 g/mol. The quantitative estimate of drug-likeness (QED) is 0.763. The maximum atomic E-state index is 12.8. The molecule has 0 fully saturated rings. The lowest BCUT2D eigenvalue weighted by atomic mass is 10.0. The molecule has 0 saturated carbocycles. The third-order valence-corrected chi connectivity index (χ3v) is 1.87. The summed E-state index contributed by atoms with van der Waals surface area (Å²) >= 11 is 0. The molecular weight excluding hydrogens is 212 g/mol. The maximum absolute atomic E-state index is 12.8. The third-order valence-electron chi connectivity index (χ3n) is 1.87. The van der Waals surface area contributed by atoms with Crippen molar-refractivity contribution in [2.75, 3.05) is 0 Å². The summed E-state index contributed by atoms with van der Waals surface area (Å²) in [5.74, 6) is -1.29. The van der Waals surface area contributed by atoms with Gasteiger partial charge >= 0.3 is 6.18 Å². The molecule has 15 heavy (non-hydrogen) atoms. The van der Waals surface area contributed by atoms with E-state index >= 15 is 0 Å². The molecule has 0 unspecified atom stereocenters. The fourth-order valence-electron chi connectivity index (χ4n) is 1.26. The predicted molar refractivity (Wildman–Crippen MR) is 46.8 cm³/mol. The molecule has 1 aromatic carbocycles. The maximum Gasteiger partial charge on any atom is 0.419 e. The number of halogens is 4.